The minimum atomic E-state index is -0.127. The monoisotopic (exact) mass is 384 g/mol. The van der Waals surface area contributed by atoms with Crippen LogP contribution in [0.5, 0.6) is 5.75 Å². The summed E-state index contributed by atoms with van der Waals surface area (Å²) in [6, 6.07) is 15.0. The molecule has 0 saturated carbocycles. The number of rotatable bonds is 9. The number of carbonyl (C=O) groups excluding carboxylic acids is 2. The molecule has 3 N–H and O–H groups in total. The van der Waals surface area contributed by atoms with Gasteiger partial charge in [0.25, 0.3) is 11.8 Å². The van der Waals surface area contributed by atoms with Crippen molar-refractivity contribution in [3.63, 3.8) is 0 Å². The molecule has 0 saturated heterocycles. The van der Waals surface area contributed by atoms with E-state index in [4.69, 9.17) is 4.74 Å². The van der Waals surface area contributed by atoms with Gasteiger partial charge in [-0.3, -0.25) is 9.59 Å². The SMILES string of the molecule is CC[NH+](CC(=O)Nc1ccc(OC)cc1)CC(=O)Nc1ccccc1C(C)C. The van der Waals surface area contributed by atoms with Crippen LogP contribution >= 0.6 is 0 Å². The number of anilines is 2. The van der Waals surface area contributed by atoms with Crippen molar-refractivity contribution < 1.29 is 19.2 Å². The van der Waals surface area contributed by atoms with Crippen LogP contribution in [0, 0.1) is 0 Å². The van der Waals surface area contributed by atoms with Crippen LogP contribution in [0.25, 0.3) is 0 Å². The van der Waals surface area contributed by atoms with E-state index in [0.717, 1.165) is 21.9 Å². The summed E-state index contributed by atoms with van der Waals surface area (Å²) in [5.74, 6) is 0.832. The summed E-state index contributed by atoms with van der Waals surface area (Å²) >= 11 is 0. The lowest BCUT2D eigenvalue weighted by Crippen LogP contribution is -3.13. The van der Waals surface area contributed by atoms with Crippen molar-refractivity contribution in [2.24, 2.45) is 0 Å². The van der Waals surface area contributed by atoms with Crippen LogP contribution in [0.1, 0.15) is 32.3 Å². The van der Waals surface area contributed by atoms with E-state index >= 15 is 0 Å². The minimum absolute atomic E-state index is 0.0952. The van der Waals surface area contributed by atoms with Crippen molar-refractivity contribution in [3.8, 4) is 5.75 Å². The third-order valence-electron chi connectivity index (χ3n) is 4.55. The molecule has 0 aliphatic heterocycles. The van der Waals surface area contributed by atoms with Crippen LogP contribution < -0.4 is 20.3 Å². The molecule has 6 heteroatoms. The Morgan fingerprint density at radius 3 is 2.14 bits per heavy atom. The molecular formula is C22H30N3O3+. The number of ether oxygens (including phenoxy) is 1. The van der Waals surface area contributed by atoms with Crippen molar-refractivity contribution in [2.45, 2.75) is 26.7 Å². The first-order valence-electron chi connectivity index (χ1n) is 9.59. The second-order valence-corrected chi connectivity index (χ2v) is 7.02. The number of benzene rings is 2. The van der Waals surface area contributed by atoms with E-state index in [-0.39, 0.29) is 24.9 Å². The quantitative estimate of drug-likeness (QED) is 0.621. The number of hydrogen-bond donors (Lipinski definition) is 3. The first kappa shape index (κ1) is 21.4. The highest BCUT2D eigenvalue weighted by molar-refractivity contribution is 5.93. The molecule has 2 amide bonds. The lowest BCUT2D eigenvalue weighted by molar-refractivity contribution is -0.881. The van der Waals surface area contributed by atoms with Gasteiger partial charge in [-0.15, -0.1) is 0 Å². The summed E-state index contributed by atoms with van der Waals surface area (Å²) in [4.78, 5) is 25.7. The second-order valence-electron chi connectivity index (χ2n) is 7.02. The van der Waals surface area contributed by atoms with Gasteiger partial charge in [-0.05, 0) is 48.7 Å². The zero-order valence-electron chi connectivity index (χ0n) is 17.0. The van der Waals surface area contributed by atoms with Crippen molar-refractivity contribution in [2.75, 3.05) is 37.4 Å². The number of carbonyl (C=O) groups is 2. The summed E-state index contributed by atoms with van der Waals surface area (Å²) in [6.45, 7) is 7.29. The molecular weight excluding hydrogens is 354 g/mol. The Hall–Kier alpha value is -2.86. The van der Waals surface area contributed by atoms with E-state index < -0.39 is 0 Å². The fraction of sp³-hybridized carbons (Fsp3) is 0.364. The van der Waals surface area contributed by atoms with Gasteiger partial charge < -0.3 is 20.3 Å². The molecule has 1 atom stereocenters. The van der Waals surface area contributed by atoms with E-state index in [2.05, 4.69) is 24.5 Å². The Bertz CT molecular complexity index is 788. The smallest absolute Gasteiger partial charge is 0.279 e. The Balaban J connectivity index is 1.90. The maximum Gasteiger partial charge on any atom is 0.279 e. The maximum atomic E-state index is 12.5. The van der Waals surface area contributed by atoms with Gasteiger partial charge in [0.15, 0.2) is 13.1 Å². The van der Waals surface area contributed by atoms with E-state index in [1.165, 1.54) is 0 Å². The van der Waals surface area contributed by atoms with E-state index in [1.807, 2.05) is 31.2 Å². The summed E-state index contributed by atoms with van der Waals surface area (Å²) in [7, 11) is 1.60. The first-order chi connectivity index (χ1) is 13.4. The van der Waals surface area contributed by atoms with Crippen LogP contribution in [0.4, 0.5) is 11.4 Å². The van der Waals surface area contributed by atoms with E-state index in [1.54, 1.807) is 31.4 Å². The van der Waals surface area contributed by atoms with Gasteiger partial charge in [0.05, 0.1) is 13.7 Å². The number of quaternary nitrogens is 1. The average Bonchev–Trinajstić information content (AvgIpc) is 2.68. The molecule has 0 spiro atoms. The molecule has 2 aromatic carbocycles. The summed E-state index contributed by atoms with van der Waals surface area (Å²) in [5.41, 5.74) is 2.64. The Morgan fingerprint density at radius 2 is 1.57 bits per heavy atom. The van der Waals surface area contributed by atoms with Gasteiger partial charge >= 0.3 is 0 Å². The van der Waals surface area contributed by atoms with Crippen LogP contribution in [0.15, 0.2) is 48.5 Å². The fourth-order valence-electron chi connectivity index (χ4n) is 2.95. The highest BCUT2D eigenvalue weighted by Gasteiger charge is 2.18. The molecule has 1 unspecified atom stereocenters. The van der Waals surface area contributed by atoms with Crippen molar-refractivity contribution in [1.29, 1.82) is 0 Å². The molecule has 0 aliphatic carbocycles. The van der Waals surface area contributed by atoms with Gasteiger partial charge in [0.1, 0.15) is 5.75 Å². The lowest BCUT2D eigenvalue weighted by atomic mass is 10.0. The number of amides is 2. The molecule has 2 rings (SSSR count). The molecule has 28 heavy (non-hydrogen) atoms. The Morgan fingerprint density at radius 1 is 0.964 bits per heavy atom. The Kier molecular flexibility index (Phi) is 8.02. The minimum Gasteiger partial charge on any atom is -0.497 e. The van der Waals surface area contributed by atoms with Crippen molar-refractivity contribution in [1.82, 2.24) is 0 Å². The number of para-hydroxylation sites is 1. The first-order valence-corrected chi connectivity index (χ1v) is 9.59. The largest absolute Gasteiger partial charge is 0.497 e. The van der Waals surface area contributed by atoms with Gasteiger partial charge in [-0.1, -0.05) is 32.0 Å². The Labute approximate surface area is 166 Å². The summed E-state index contributed by atoms with van der Waals surface area (Å²) < 4.78 is 5.11. The third kappa shape index (κ3) is 6.39. The zero-order chi connectivity index (χ0) is 20.5. The molecule has 0 aliphatic rings. The van der Waals surface area contributed by atoms with E-state index in [9.17, 15) is 9.59 Å². The predicted molar refractivity (Wildman–Crippen MR) is 112 cm³/mol. The van der Waals surface area contributed by atoms with Gasteiger partial charge in [0.2, 0.25) is 0 Å². The molecule has 150 valence electrons. The van der Waals surface area contributed by atoms with Gasteiger partial charge in [-0.25, -0.2) is 0 Å². The lowest BCUT2D eigenvalue weighted by Gasteiger charge is -2.18. The highest BCUT2D eigenvalue weighted by Crippen LogP contribution is 2.23. The van der Waals surface area contributed by atoms with Crippen LogP contribution in [-0.2, 0) is 9.59 Å². The summed E-state index contributed by atoms with van der Waals surface area (Å²) in [6.07, 6.45) is 0. The molecule has 2 aromatic rings. The molecule has 0 fully saturated rings. The van der Waals surface area contributed by atoms with Gasteiger partial charge in [-0.2, -0.15) is 0 Å². The molecule has 0 aromatic heterocycles. The number of methoxy groups -OCH3 is 1. The summed E-state index contributed by atoms with van der Waals surface area (Å²) in [5, 5.41) is 5.84. The number of nitrogens with one attached hydrogen (secondary N) is 3. The zero-order valence-corrected chi connectivity index (χ0v) is 17.0. The van der Waals surface area contributed by atoms with Crippen LogP contribution in [0.2, 0.25) is 0 Å². The molecule has 0 bridgehead atoms. The maximum absolute atomic E-state index is 12.5. The topological polar surface area (TPSA) is 71.9 Å². The second kappa shape index (κ2) is 10.5. The predicted octanol–water partition coefficient (Wildman–Crippen LogP) is 2.30. The molecule has 0 heterocycles. The third-order valence-corrected chi connectivity index (χ3v) is 4.55. The highest BCUT2D eigenvalue weighted by atomic mass is 16.5. The number of hydrogen-bond acceptors (Lipinski definition) is 3. The molecule has 0 radical (unpaired) electrons. The average molecular weight is 385 g/mol. The van der Waals surface area contributed by atoms with Crippen LogP contribution in [0.3, 0.4) is 0 Å². The standard InChI is InChI=1S/C22H29N3O3/c1-5-25(14-21(26)23-17-10-12-18(28-4)13-11-17)15-22(27)24-20-9-7-6-8-19(20)16(2)3/h6-13,16H,5,14-15H2,1-4H3,(H,23,26)(H,24,27)/p+1. The molecule has 6 nitrogen and oxygen atoms in total. The van der Waals surface area contributed by atoms with Crippen molar-refractivity contribution >= 4 is 23.2 Å². The van der Waals surface area contributed by atoms with Crippen LogP contribution in [-0.4, -0.2) is 38.6 Å². The number of likely N-dealkylation sites (N-methyl/N-ethyl adjacent to an activating group) is 1. The van der Waals surface area contributed by atoms with Crippen molar-refractivity contribution in [3.05, 3.63) is 54.1 Å². The van der Waals surface area contributed by atoms with E-state index in [0.29, 0.717) is 18.2 Å². The normalized spacial score (nSPS) is 11.8. The van der Waals surface area contributed by atoms with Gasteiger partial charge in [0, 0.05) is 11.4 Å². The fourth-order valence-corrected chi connectivity index (χ4v) is 2.95.